The van der Waals surface area contributed by atoms with Gasteiger partial charge in [-0.3, -0.25) is 0 Å². The molecule has 7 aromatic rings. The minimum Gasteiger partial charge on any atom is -0.249 e. The van der Waals surface area contributed by atoms with Crippen LogP contribution < -0.4 is 0 Å². The summed E-state index contributed by atoms with van der Waals surface area (Å²) in [7, 11) is 0. The van der Waals surface area contributed by atoms with Crippen molar-refractivity contribution >= 4 is 44.1 Å². The van der Waals surface area contributed by atoms with Crippen molar-refractivity contribution in [3.05, 3.63) is 106 Å². The van der Waals surface area contributed by atoms with Gasteiger partial charge in [-0.1, -0.05) is 24.3 Å². The minimum absolute atomic E-state index is 0.125. The van der Waals surface area contributed by atoms with E-state index in [9.17, 15) is 0 Å². The Hall–Kier alpha value is -4.98. The maximum atomic E-state index is 5.24. The molecule has 42 heavy (non-hydrogen) atoms. The Kier molecular flexibility index (Phi) is 3.85. The van der Waals surface area contributed by atoms with E-state index in [2.05, 4.69) is 12.1 Å². The van der Waals surface area contributed by atoms with Crippen molar-refractivity contribution in [2.75, 3.05) is 0 Å². The van der Waals surface area contributed by atoms with Crippen LogP contribution in [0.4, 0.5) is 0 Å². The van der Waals surface area contributed by atoms with Crippen LogP contribution in [0.3, 0.4) is 0 Å². The quantitative estimate of drug-likeness (QED) is 0.209. The second-order valence-electron chi connectivity index (χ2n) is 12.1. The summed E-state index contributed by atoms with van der Waals surface area (Å²) < 4.78 is 0. The van der Waals surface area contributed by atoms with Crippen LogP contribution in [0.5, 0.6) is 0 Å². The maximum Gasteiger partial charge on any atom is 0.0913 e. The van der Waals surface area contributed by atoms with Crippen LogP contribution >= 0.6 is 0 Å². The Balaban J connectivity index is 1.09. The van der Waals surface area contributed by atoms with Gasteiger partial charge in [-0.2, -0.15) is 0 Å². The van der Waals surface area contributed by atoms with Gasteiger partial charge in [0.25, 0.3) is 0 Å². The van der Waals surface area contributed by atoms with Crippen LogP contribution in [0.25, 0.3) is 44.1 Å². The fourth-order valence-corrected chi connectivity index (χ4v) is 8.05. The molecular formula is C34H22N8. The van der Waals surface area contributed by atoms with Crippen molar-refractivity contribution in [2.45, 2.75) is 49.4 Å². The van der Waals surface area contributed by atoms with Gasteiger partial charge in [-0.15, -0.1) is 0 Å². The van der Waals surface area contributed by atoms with E-state index in [0.29, 0.717) is 0 Å². The van der Waals surface area contributed by atoms with Gasteiger partial charge in [0, 0.05) is 23.7 Å². The molecule has 0 N–H and O–H groups in total. The number of hydrogen-bond donors (Lipinski definition) is 0. The molecule has 4 bridgehead atoms. The summed E-state index contributed by atoms with van der Waals surface area (Å²) in [5.41, 5.74) is 15.7. The Bertz CT molecular complexity index is 2040. The van der Waals surface area contributed by atoms with Gasteiger partial charge >= 0.3 is 0 Å². The molecule has 0 saturated heterocycles. The Morgan fingerprint density at radius 1 is 0.310 bits per heavy atom. The van der Waals surface area contributed by atoms with Gasteiger partial charge in [0.05, 0.1) is 89.7 Å². The number of nitrogens with zero attached hydrogens (tertiary/aromatic N) is 8. The van der Waals surface area contributed by atoms with Crippen molar-refractivity contribution in [1.29, 1.82) is 0 Å². The summed E-state index contributed by atoms with van der Waals surface area (Å²) in [5.74, 6) is 0.500. The standard InChI is InChI=1S/C34H22N8/c1-2-6-20-19(5-1)35-27-15-9-10-16(28(27)36-20)32-31(15)39-23-13-25-26(14-24(23)40-32)42-34-18-12-11-17(33(34)41-25)29-30(18)38-22-8-4-3-7-21(22)37-29/h1-8,13-18H,9-12H2/t15-,16+,17+,18-. The fraction of sp³-hybridized carbons (Fsp3) is 0.235. The number of rotatable bonds is 0. The average Bonchev–Trinajstić information content (AvgIpc) is 3.04. The van der Waals surface area contributed by atoms with Gasteiger partial charge < -0.3 is 0 Å². The summed E-state index contributed by atoms with van der Waals surface area (Å²) in [4.78, 5) is 41.2. The number of para-hydroxylation sites is 4. The van der Waals surface area contributed by atoms with E-state index in [0.717, 1.165) is 115 Å². The highest BCUT2D eigenvalue weighted by molar-refractivity contribution is 5.91. The molecule has 0 saturated carbocycles. The fourth-order valence-electron chi connectivity index (χ4n) is 8.05. The molecule has 0 amide bonds. The van der Waals surface area contributed by atoms with E-state index < -0.39 is 0 Å². The molecule has 6 aliphatic rings. The Morgan fingerprint density at radius 2 is 0.524 bits per heavy atom. The van der Waals surface area contributed by atoms with Gasteiger partial charge in [0.15, 0.2) is 0 Å². The molecule has 8 heteroatoms. The summed E-state index contributed by atoms with van der Waals surface area (Å²) in [6, 6.07) is 20.4. The first kappa shape index (κ1) is 21.7. The van der Waals surface area contributed by atoms with E-state index in [1.165, 1.54) is 0 Å². The van der Waals surface area contributed by atoms with Crippen LogP contribution in [0.1, 0.15) is 94.9 Å². The molecule has 198 valence electrons. The second-order valence-corrected chi connectivity index (χ2v) is 12.1. The lowest BCUT2D eigenvalue weighted by atomic mass is 9.71. The van der Waals surface area contributed by atoms with Gasteiger partial charge in [0.1, 0.15) is 0 Å². The van der Waals surface area contributed by atoms with E-state index in [-0.39, 0.29) is 23.7 Å². The van der Waals surface area contributed by atoms with Gasteiger partial charge in [0.2, 0.25) is 0 Å². The number of hydrogen-bond acceptors (Lipinski definition) is 8. The molecule has 0 radical (unpaired) electrons. The maximum absolute atomic E-state index is 5.24. The zero-order chi connectivity index (χ0) is 27.1. The number of aromatic nitrogens is 8. The number of fused-ring (bicyclic) bond motifs is 6. The third-order valence-electron chi connectivity index (χ3n) is 9.94. The molecule has 6 aliphatic carbocycles. The first-order chi connectivity index (χ1) is 20.8. The van der Waals surface area contributed by atoms with Gasteiger partial charge in [-0.05, 0) is 62.1 Å². The van der Waals surface area contributed by atoms with Crippen LogP contribution in [-0.4, -0.2) is 39.9 Å². The van der Waals surface area contributed by atoms with Crippen molar-refractivity contribution in [2.24, 2.45) is 0 Å². The van der Waals surface area contributed by atoms with E-state index in [1.54, 1.807) is 0 Å². The van der Waals surface area contributed by atoms with Crippen LogP contribution in [0, 0.1) is 0 Å². The third kappa shape index (κ3) is 2.68. The normalized spacial score (nSPS) is 22.9. The minimum atomic E-state index is 0.125. The molecule has 8 nitrogen and oxygen atoms in total. The molecule has 3 aromatic carbocycles. The van der Waals surface area contributed by atoms with Crippen LogP contribution in [0.15, 0.2) is 60.7 Å². The topological polar surface area (TPSA) is 103 Å². The van der Waals surface area contributed by atoms with Crippen LogP contribution in [0.2, 0.25) is 0 Å². The van der Waals surface area contributed by atoms with Crippen molar-refractivity contribution in [1.82, 2.24) is 39.9 Å². The molecular weight excluding hydrogens is 520 g/mol. The lowest BCUT2D eigenvalue weighted by Crippen LogP contribution is -2.29. The Labute approximate surface area is 239 Å². The van der Waals surface area contributed by atoms with Gasteiger partial charge in [-0.25, -0.2) is 39.9 Å². The summed E-state index contributed by atoms with van der Waals surface area (Å²) in [5, 5.41) is 0. The molecule has 0 spiro atoms. The summed E-state index contributed by atoms with van der Waals surface area (Å²) in [6.45, 7) is 0. The lowest BCUT2D eigenvalue weighted by Gasteiger charge is -2.37. The molecule has 0 fully saturated rings. The predicted octanol–water partition coefficient (Wildman–Crippen LogP) is 6.20. The largest absolute Gasteiger partial charge is 0.249 e. The molecule has 4 heterocycles. The first-order valence-electron chi connectivity index (χ1n) is 14.8. The van der Waals surface area contributed by atoms with E-state index in [4.69, 9.17) is 39.9 Å². The zero-order valence-corrected chi connectivity index (χ0v) is 22.5. The lowest BCUT2D eigenvalue weighted by molar-refractivity contribution is 0.477. The second kappa shape index (κ2) is 7.45. The molecule has 13 rings (SSSR count). The van der Waals surface area contributed by atoms with E-state index >= 15 is 0 Å². The molecule has 0 aliphatic heterocycles. The molecule has 4 aromatic heterocycles. The Morgan fingerprint density at radius 3 is 0.762 bits per heavy atom. The highest BCUT2D eigenvalue weighted by Gasteiger charge is 2.44. The van der Waals surface area contributed by atoms with Crippen molar-refractivity contribution in [3.8, 4) is 0 Å². The number of benzene rings is 3. The average molecular weight is 543 g/mol. The zero-order valence-electron chi connectivity index (χ0n) is 22.5. The first-order valence-corrected chi connectivity index (χ1v) is 14.8. The van der Waals surface area contributed by atoms with Crippen molar-refractivity contribution in [3.63, 3.8) is 0 Å². The highest BCUT2D eigenvalue weighted by atomic mass is 15.0. The summed E-state index contributed by atoms with van der Waals surface area (Å²) in [6.07, 6.45) is 4.10. The highest BCUT2D eigenvalue weighted by Crippen LogP contribution is 2.52. The predicted molar refractivity (Wildman–Crippen MR) is 158 cm³/mol. The van der Waals surface area contributed by atoms with Crippen LogP contribution in [-0.2, 0) is 0 Å². The monoisotopic (exact) mass is 542 g/mol. The van der Waals surface area contributed by atoms with Crippen molar-refractivity contribution < 1.29 is 0 Å². The molecule has 4 atom stereocenters. The molecule has 0 unspecified atom stereocenters. The summed E-state index contributed by atoms with van der Waals surface area (Å²) >= 11 is 0. The smallest absolute Gasteiger partial charge is 0.0913 e. The third-order valence-corrected chi connectivity index (χ3v) is 9.94. The SMILES string of the molecule is c1ccc2nc3c(nc2c1)[C@H]1CC[C@@H]3c2nc3cc4nc5c(nc4cc3nc21)[C@H]1CC[C@@H]5c2nc3ccccc3nc21. The van der Waals surface area contributed by atoms with E-state index in [1.807, 2.05) is 48.5 Å².